The Morgan fingerprint density at radius 1 is 1.30 bits per heavy atom. The Morgan fingerprint density at radius 3 is 2.70 bits per heavy atom. The lowest BCUT2D eigenvalue weighted by molar-refractivity contribution is -0.137. The zero-order chi connectivity index (χ0) is 17.2. The second-order valence-corrected chi connectivity index (χ2v) is 6.51. The molecule has 5 heteroatoms. The van der Waals surface area contributed by atoms with E-state index in [9.17, 15) is 19.8 Å². The summed E-state index contributed by atoms with van der Waals surface area (Å²) in [6, 6.07) is 0. The van der Waals surface area contributed by atoms with Crippen LogP contribution in [-0.4, -0.2) is 39.3 Å². The number of hydrogen-bond donors (Lipinski definition) is 3. The molecule has 5 nitrogen and oxygen atoms in total. The Balaban J connectivity index is 2.48. The molecule has 4 atom stereocenters. The molecule has 0 aromatic carbocycles. The molecule has 1 aliphatic rings. The number of unbranched alkanes of at least 4 members (excludes halogenated alkanes) is 3. The van der Waals surface area contributed by atoms with Crippen molar-refractivity contribution >= 4 is 11.8 Å². The number of carboxylic acid groups (broad SMARTS) is 1. The van der Waals surface area contributed by atoms with E-state index in [4.69, 9.17) is 5.11 Å². The average Bonchev–Trinajstić information content (AvgIpc) is 2.75. The summed E-state index contributed by atoms with van der Waals surface area (Å²) in [5.41, 5.74) is 0. The van der Waals surface area contributed by atoms with Crippen LogP contribution >= 0.6 is 0 Å². The zero-order valence-corrected chi connectivity index (χ0v) is 14.0. The predicted molar refractivity (Wildman–Crippen MR) is 88.0 cm³/mol. The Hall–Kier alpha value is -1.20. The Morgan fingerprint density at radius 2 is 2.04 bits per heavy atom. The molecule has 1 fully saturated rings. The molecule has 132 valence electrons. The molecule has 0 aliphatic heterocycles. The molecule has 0 spiro atoms. The van der Waals surface area contributed by atoms with Gasteiger partial charge in [-0.15, -0.1) is 0 Å². The largest absolute Gasteiger partial charge is 0.481 e. The molecule has 1 rings (SSSR count). The highest BCUT2D eigenvalue weighted by Gasteiger charge is 2.39. The first-order valence-corrected chi connectivity index (χ1v) is 8.74. The van der Waals surface area contributed by atoms with Gasteiger partial charge in [0.25, 0.3) is 0 Å². The van der Waals surface area contributed by atoms with Gasteiger partial charge in [-0.3, -0.25) is 9.59 Å². The molecule has 3 N–H and O–H groups in total. The molecule has 0 aromatic rings. The van der Waals surface area contributed by atoms with Crippen LogP contribution in [0, 0.1) is 11.8 Å². The number of carboxylic acids is 1. The van der Waals surface area contributed by atoms with Gasteiger partial charge in [0.05, 0.1) is 12.2 Å². The third-order valence-corrected chi connectivity index (χ3v) is 4.56. The summed E-state index contributed by atoms with van der Waals surface area (Å²) in [6.45, 7) is 2.11. The van der Waals surface area contributed by atoms with Crippen molar-refractivity contribution in [3.8, 4) is 0 Å². The smallest absolute Gasteiger partial charge is 0.303 e. The van der Waals surface area contributed by atoms with E-state index in [1.807, 2.05) is 0 Å². The fraction of sp³-hybridized carbons (Fsp3) is 0.778. The zero-order valence-electron chi connectivity index (χ0n) is 14.0. The molecule has 1 aliphatic carbocycles. The normalized spacial score (nSPS) is 26.0. The van der Waals surface area contributed by atoms with Crippen LogP contribution < -0.4 is 0 Å². The number of Topliss-reactive ketones (excluding diaryl/α,β-unsaturated/α-hetero) is 1. The summed E-state index contributed by atoms with van der Waals surface area (Å²) in [7, 11) is 0. The number of carbonyl (C=O) groups is 2. The van der Waals surface area contributed by atoms with Crippen LogP contribution in [0.4, 0.5) is 0 Å². The van der Waals surface area contributed by atoms with Crippen LogP contribution in [0.5, 0.6) is 0 Å². The van der Waals surface area contributed by atoms with Gasteiger partial charge >= 0.3 is 5.97 Å². The van der Waals surface area contributed by atoms with Gasteiger partial charge in [-0.05, 0) is 25.2 Å². The number of ketones is 1. The number of aliphatic hydroxyl groups excluding tert-OH is 2. The highest BCUT2D eigenvalue weighted by atomic mass is 16.4. The van der Waals surface area contributed by atoms with Crippen molar-refractivity contribution in [2.45, 2.75) is 76.9 Å². The van der Waals surface area contributed by atoms with E-state index >= 15 is 0 Å². The van der Waals surface area contributed by atoms with E-state index in [0.717, 1.165) is 19.3 Å². The highest BCUT2D eigenvalue weighted by Crippen LogP contribution is 2.34. The standard InChI is InChI=1S/C18H30O5/c1-2-3-4-7-13(19)10-11-15-14(16(20)12-17(15)21)8-5-6-9-18(22)23/h10-11,13-16,19-20H,2-9,12H2,1H3,(H,22,23)/b11-10+/t13-,14+,15-,16-/m0/s1. The Bertz CT molecular complexity index is 404. The number of carbonyl (C=O) groups excluding carboxylic acids is 1. The van der Waals surface area contributed by atoms with Crippen LogP contribution in [0.15, 0.2) is 12.2 Å². The first-order valence-electron chi connectivity index (χ1n) is 8.74. The lowest BCUT2D eigenvalue weighted by Crippen LogP contribution is -2.19. The molecule has 23 heavy (non-hydrogen) atoms. The predicted octanol–water partition coefficient (Wildman–Crippen LogP) is 2.69. The molecule has 0 bridgehead atoms. The van der Waals surface area contributed by atoms with E-state index in [2.05, 4.69) is 6.92 Å². The molecule has 0 saturated heterocycles. The maximum atomic E-state index is 12.0. The summed E-state index contributed by atoms with van der Waals surface area (Å²) in [6.07, 6.45) is 8.22. The van der Waals surface area contributed by atoms with Crippen molar-refractivity contribution in [3.05, 3.63) is 12.2 Å². The molecule has 0 radical (unpaired) electrons. The van der Waals surface area contributed by atoms with E-state index in [1.165, 1.54) is 0 Å². The third kappa shape index (κ3) is 7.27. The van der Waals surface area contributed by atoms with E-state index in [0.29, 0.717) is 25.7 Å². The maximum absolute atomic E-state index is 12.0. The number of aliphatic hydroxyl groups is 2. The minimum Gasteiger partial charge on any atom is -0.481 e. The topological polar surface area (TPSA) is 94.8 Å². The van der Waals surface area contributed by atoms with Crippen LogP contribution in [0.2, 0.25) is 0 Å². The van der Waals surface area contributed by atoms with Gasteiger partial charge in [-0.25, -0.2) is 0 Å². The molecule has 0 heterocycles. The Labute approximate surface area is 138 Å². The molecule has 1 saturated carbocycles. The summed E-state index contributed by atoms with van der Waals surface area (Å²) in [5, 5.41) is 28.6. The number of aliphatic carboxylic acids is 1. The van der Waals surface area contributed by atoms with Crippen molar-refractivity contribution in [1.29, 1.82) is 0 Å². The summed E-state index contributed by atoms with van der Waals surface area (Å²) in [4.78, 5) is 22.5. The first-order chi connectivity index (χ1) is 11.0. The van der Waals surface area contributed by atoms with Crippen molar-refractivity contribution in [2.24, 2.45) is 11.8 Å². The monoisotopic (exact) mass is 326 g/mol. The van der Waals surface area contributed by atoms with E-state index < -0.39 is 18.2 Å². The number of allylic oxidation sites excluding steroid dienone is 1. The van der Waals surface area contributed by atoms with Gasteiger partial charge in [-0.1, -0.05) is 44.8 Å². The SMILES string of the molecule is CCCCC[C@H](O)/C=C/[C@@H]1C(=O)C[C@H](O)[C@@H]1CCCCC(=O)O. The van der Waals surface area contributed by atoms with Crippen LogP contribution in [-0.2, 0) is 9.59 Å². The summed E-state index contributed by atoms with van der Waals surface area (Å²) < 4.78 is 0. The van der Waals surface area contributed by atoms with Gasteiger partial charge in [-0.2, -0.15) is 0 Å². The molecule has 0 unspecified atom stereocenters. The molecule has 0 aromatic heterocycles. The molecular formula is C18H30O5. The minimum atomic E-state index is -0.820. The minimum absolute atomic E-state index is 0.0118. The second kappa shape index (κ2) is 10.6. The van der Waals surface area contributed by atoms with E-state index in [1.54, 1.807) is 12.2 Å². The molecule has 0 amide bonds. The van der Waals surface area contributed by atoms with Crippen molar-refractivity contribution in [1.82, 2.24) is 0 Å². The second-order valence-electron chi connectivity index (χ2n) is 6.51. The lowest BCUT2D eigenvalue weighted by Gasteiger charge is -2.18. The molecular weight excluding hydrogens is 296 g/mol. The van der Waals surface area contributed by atoms with Gasteiger partial charge < -0.3 is 15.3 Å². The van der Waals surface area contributed by atoms with Crippen LogP contribution in [0.1, 0.15) is 64.7 Å². The average molecular weight is 326 g/mol. The maximum Gasteiger partial charge on any atom is 0.303 e. The van der Waals surface area contributed by atoms with Gasteiger partial charge in [0, 0.05) is 18.8 Å². The van der Waals surface area contributed by atoms with E-state index in [-0.39, 0.29) is 30.5 Å². The fourth-order valence-electron chi connectivity index (χ4n) is 3.20. The summed E-state index contributed by atoms with van der Waals surface area (Å²) >= 11 is 0. The van der Waals surface area contributed by atoms with Crippen molar-refractivity contribution < 1.29 is 24.9 Å². The van der Waals surface area contributed by atoms with Crippen LogP contribution in [0.3, 0.4) is 0 Å². The van der Waals surface area contributed by atoms with Crippen molar-refractivity contribution in [3.63, 3.8) is 0 Å². The van der Waals surface area contributed by atoms with Gasteiger partial charge in [0.1, 0.15) is 5.78 Å². The quantitative estimate of drug-likeness (QED) is 0.401. The third-order valence-electron chi connectivity index (χ3n) is 4.56. The Kier molecular flexibility index (Phi) is 9.10. The number of rotatable bonds is 11. The van der Waals surface area contributed by atoms with Gasteiger partial charge in [0.2, 0.25) is 0 Å². The fourth-order valence-corrected chi connectivity index (χ4v) is 3.20. The van der Waals surface area contributed by atoms with Gasteiger partial charge in [0.15, 0.2) is 0 Å². The highest BCUT2D eigenvalue weighted by molar-refractivity contribution is 5.85. The lowest BCUT2D eigenvalue weighted by atomic mass is 9.88. The van der Waals surface area contributed by atoms with Crippen LogP contribution in [0.25, 0.3) is 0 Å². The first kappa shape index (κ1) is 19.8. The number of hydrogen-bond acceptors (Lipinski definition) is 4. The van der Waals surface area contributed by atoms with Crippen molar-refractivity contribution in [2.75, 3.05) is 0 Å². The summed E-state index contributed by atoms with van der Waals surface area (Å²) in [5.74, 6) is -1.32.